The molecule has 0 unspecified atom stereocenters. The van der Waals surface area contributed by atoms with Crippen LogP contribution < -0.4 is 0 Å². The monoisotopic (exact) mass is 1080 g/mol. The molecular weight excluding hydrogens is 1040 g/mol. The summed E-state index contributed by atoms with van der Waals surface area (Å²) in [5.74, 6) is -29.9. The number of hydrogen-bond donors (Lipinski definition) is 1. The summed E-state index contributed by atoms with van der Waals surface area (Å²) in [6.45, 7) is -0.559. The third-order valence-corrected chi connectivity index (χ3v) is 16.5. The van der Waals surface area contributed by atoms with Crippen molar-refractivity contribution in [3.63, 3.8) is 0 Å². The van der Waals surface area contributed by atoms with Crippen molar-refractivity contribution in [3.05, 3.63) is 98.6 Å². The molecule has 13 nitrogen and oxygen atoms in total. The standard InChI is InChI=1S/C14H13F5O4S.C14H14F4O5S.C14H15F3O4S/c15-9-8(10(16)12(18)13(19)11(9)17)14(20)23-4-1-7-2-5-24(21,22)6-3-7;15-9-8(13(19)12(18)11(17)10(9)16)14(20)23-4-1-7-2-5-24(21,22)6-3-7;15-11-7-10(8-12(16)13(11)17)14(18)21-4-1-9-2-5-22(19,20)6-3-9/h7H,1-6H2;7,19H,1-6H2;7-9H,1-6H2. The van der Waals surface area contributed by atoms with Gasteiger partial charge in [0.05, 0.1) is 59.9 Å². The van der Waals surface area contributed by atoms with Crippen molar-refractivity contribution in [2.45, 2.75) is 57.8 Å². The number of halogens is 12. The normalized spacial score (nSPS) is 17.8. The summed E-state index contributed by atoms with van der Waals surface area (Å²) in [7, 11) is -9.03. The van der Waals surface area contributed by atoms with E-state index in [9.17, 15) is 97.4 Å². The first-order valence-electron chi connectivity index (χ1n) is 20.9. The summed E-state index contributed by atoms with van der Waals surface area (Å²) < 4.78 is 239. The molecule has 1 N–H and O–H groups in total. The van der Waals surface area contributed by atoms with Crippen molar-refractivity contribution in [2.24, 2.45) is 17.8 Å². The highest BCUT2D eigenvalue weighted by Crippen LogP contribution is 2.31. The van der Waals surface area contributed by atoms with Gasteiger partial charge in [-0.25, -0.2) is 87.9 Å². The maximum atomic E-state index is 13.5. The predicted molar refractivity (Wildman–Crippen MR) is 219 cm³/mol. The number of rotatable bonds is 12. The largest absolute Gasteiger partial charge is 0.504 e. The van der Waals surface area contributed by atoms with Crippen molar-refractivity contribution in [3.8, 4) is 5.75 Å². The molecule has 0 spiro atoms. The molecule has 0 radical (unpaired) electrons. The second kappa shape index (κ2) is 24.3. The van der Waals surface area contributed by atoms with Crippen molar-refractivity contribution in [1.82, 2.24) is 0 Å². The number of benzene rings is 3. The predicted octanol–water partition coefficient (Wildman–Crippen LogP) is 7.55. The van der Waals surface area contributed by atoms with Gasteiger partial charge in [0, 0.05) is 0 Å². The number of sulfone groups is 3. The molecule has 0 atom stereocenters. The number of carbonyl (C=O) groups excluding carboxylic acids is 3. The van der Waals surface area contributed by atoms with Crippen LogP contribution in [0.1, 0.15) is 88.9 Å². The fourth-order valence-electron chi connectivity index (χ4n) is 7.13. The summed E-state index contributed by atoms with van der Waals surface area (Å²) in [4.78, 5) is 34.9. The lowest BCUT2D eigenvalue weighted by atomic mass is 9.99. The number of phenols is 1. The smallest absolute Gasteiger partial charge is 0.345 e. The minimum atomic E-state index is -3.05. The Kier molecular flexibility index (Phi) is 20.0. The van der Waals surface area contributed by atoms with E-state index in [2.05, 4.69) is 9.47 Å². The van der Waals surface area contributed by atoms with Gasteiger partial charge < -0.3 is 19.3 Å². The SMILES string of the molecule is O=C(OCCC1CCS(=O)(=O)CC1)c1c(F)c(F)c(F)c(F)c1F.O=C(OCCC1CCS(=O)(=O)CC1)c1c(O)c(F)c(F)c(F)c1F.O=C(OCCC1CCS(=O)(=O)CC1)c1cc(F)c(F)c(F)c1. The van der Waals surface area contributed by atoms with Gasteiger partial charge in [-0.3, -0.25) is 0 Å². The van der Waals surface area contributed by atoms with Gasteiger partial charge in [-0.2, -0.15) is 4.39 Å². The van der Waals surface area contributed by atoms with Crippen LogP contribution in [0.2, 0.25) is 0 Å². The zero-order valence-electron chi connectivity index (χ0n) is 36.2. The Morgan fingerprint density at radius 2 is 0.686 bits per heavy atom. The highest BCUT2D eigenvalue weighted by Gasteiger charge is 2.33. The molecule has 3 aromatic carbocycles. The second-order valence-corrected chi connectivity index (χ2v) is 23.1. The van der Waals surface area contributed by atoms with Gasteiger partial charge in [-0.15, -0.1) is 0 Å². The minimum absolute atomic E-state index is 0.00323. The second-order valence-electron chi connectivity index (χ2n) is 16.2. The van der Waals surface area contributed by atoms with Crippen LogP contribution in [0, 0.1) is 87.6 Å². The van der Waals surface area contributed by atoms with Crippen LogP contribution in [0.4, 0.5) is 52.7 Å². The molecule has 390 valence electrons. The molecule has 3 heterocycles. The molecule has 0 aliphatic carbocycles. The number of phenolic OH excluding ortho intramolecular Hbond substituents is 1. The Morgan fingerprint density at radius 3 is 1.03 bits per heavy atom. The van der Waals surface area contributed by atoms with Gasteiger partial charge in [-0.05, 0) is 87.7 Å². The molecule has 0 amide bonds. The number of hydrogen-bond acceptors (Lipinski definition) is 13. The van der Waals surface area contributed by atoms with E-state index in [0.29, 0.717) is 57.1 Å². The van der Waals surface area contributed by atoms with Gasteiger partial charge in [0.1, 0.15) is 40.6 Å². The van der Waals surface area contributed by atoms with E-state index in [1.54, 1.807) is 0 Å². The molecular formula is C42H42F12O13S3. The Morgan fingerprint density at radius 1 is 0.414 bits per heavy atom. The molecule has 3 aromatic rings. The molecule has 3 aliphatic heterocycles. The quantitative estimate of drug-likeness (QED) is 0.0613. The number of ether oxygens (including phenoxy) is 3. The van der Waals surface area contributed by atoms with Crippen molar-refractivity contribution >= 4 is 47.4 Å². The van der Waals surface area contributed by atoms with Crippen LogP contribution in [0.25, 0.3) is 0 Å². The Bertz CT molecular complexity index is 2540. The van der Waals surface area contributed by atoms with Gasteiger partial charge in [0.2, 0.25) is 17.5 Å². The topological polar surface area (TPSA) is 202 Å². The first-order valence-corrected chi connectivity index (χ1v) is 26.4. The zero-order chi connectivity index (χ0) is 52.5. The number of aromatic hydroxyl groups is 1. The maximum Gasteiger partial charge on any atom is 0.345 e. The molecule has 70 heavy (non-hydrogen) atoms. The average Bonchev–Trinajstić information content (AvgIpc) is 3.30. The lowest BCUT2D eigenvalue weighted by molar-refractivity contribution is 0.0457. The van der Waals surface area contributed by atoms with E-state index >= 15 is 0 Å². The molecule has 6 rings (SSSR count). The zero-order valence-corrected chi connectivity index (χ0v) is 38.7. The van der Waals surface area contributed by atoms with E-state index in [-0.39, 0.29) is 84.9 Å². The fourth-order valence-corrected chi connectivity index (χ4v) is 11.9. The summed E-state index contributed by atoms with van der Waals surface area (Å²) in [6.07, 6.45) is 3.52. The summed E-state index contributed by atoms with van der Waals surface area (Å²) in [5.41, 5.74) is -3.46. The minimum Gasteiger partial charge on any atom is -0.504 e. The maximum absolute atomic E-state index is 13.5. The van der Waals surface area contributed by atoms with Gasteiger partial charge in [-0.1, -0.05) is 0 Å². The molecule has 3 aliphatic rings. The van der Waals surface area contributed by atoms with E-state index < -0.39 is 140 Å². The Balaban J connectivity index is 0.000000229. The van der Waals surface area contributed by atoms with Crippen LogP contribution >= 0.6 is 0 Å². The van der Waals surface area contributed by atoms with Crippen LogP contribution in [-0.4, -0.2) is 103 Å². The third kappa shape index (κ3) is 15.4. The van der Waals surface area contributed by atoms with Crippen LogP contribution in [-0.2, 0) is 43.7 Å². The first kappa shape index (κ1) is 57.5. The third-order valence-electron chi connectivity index (χ3n) is 11.4. The fraction of sp³-hybridized carbons (Fsp3) is 0.500. The molecule has 0 aromatic heterocycles. The molecule has 3 fully saturated rings. The van der Waals surface area contributed by atoms with E-state index in [4.69, 9.17) is 4.74 Å². The Labute approximate surface area is 392 Å². The molecule has 0 bridgehead atoms. The van der Waals surface area contributed by atoms with E-state index in [0.717, 1.165) is 0 Å². The molecule has 0 saturated carbocycles. The van der Waals surface area contributed by atoms with Crippen LogP contribution in [0.15, 0.2) is 12.1 Å². The summed E-state index contributed by atoms with van der Waals surface area (Å²) in [6, 6.07) is 1.15. The van der Waals surface area contributed by atoms with Crippen molar-refractivity contribution in [1.29, 1.82) is 0 Å². The molecule has 28 heteroatoms. The molecule has 3 saturated heterocycles. The summed E-state index contributed by atoms with van der Waals surface area (Å²) in [5, 5.41) is 9.27. The van der Waals surface area contributed by atoms with Gasteiger partial charge in [0.25, 0.3) is 0 Å². The van der Waals surface area contributed by atoms with E-state index in [1.165, 1.54) is 0 Å². The van der Waals surface area contributed by atoms with Crippen LogP contribution in [0.5, 0.6) is 5.75 Å². The highest BCUT2D eigenvalue weighted by atomic mass is 32.2. The highest BCUT2D eigenvalue weighted by molar-refractivity contribution is 7.91. The van der Waals surface area contributed by atoms with Crippen molar-refractivity contribution < 1.29 is 112 Å². The number of esters is 3. The van der Waals surface area contributed by atoms with Crippen molar-refractivity contribution in [2.75, 3.05) is 54.3 Å². The van der Waals surface area contributed by atoms with Gasteiger partial charge in [0.15, 0.2) is 58.1 Å². The lowest BCUT2D eigenvalue weighted by Crippen LogP contribution is -2.24. The summed E-state index contributed by atoms with van der Waals surface area (Å²) >= 11 is 0. The lowest BCUT2D eigenvalue weighted by Gasteiger charge is -2.21. The van der Waals surface area contributed by atoms with E-state index in [1.807, 2.05) is 0 Å². The van der Waals surface area contributed by atoms with Crippen LogP contribution in [0.3, 0.4) is 0 Å². The number of carbonyl (C=O) groups is 3. The Hall–Kier alpha value is -5.12. The average molecular weight is 1080 g/mol. The first-order chi connectivity index (χ1) is 32.6. The van der Waals surface area contributed by atoms with Gasteiger partial charge >= 0.3 is 17.9 Å².